The third-order valence-corrected chi connectivity index (χ3v) is 3.17. The van der Waals surface area contributed by atoms with Gasteiger partial charge in [0.1, 0.15) is 6.10 Å². The summed E-state index contributed by atoms with van der Waals surface area (Å²) < 4.78 is 16.0. The predicted octanol–water partition coefficient (Wildman–Crippen LogP) is 1.20. The molecule has 2 atom stereocenters. The second kappa shape index (κ2) is 7.53. The average Bonchev–Trinajstić information content (AvgIpc) is 2.81. The van der Waals surface area contributed by atoms with Crippen molar-refractivity contribution in [1.29, 1.82) is 0 Å². The Morgan fingerprint density at radius 3 is 2.32 bits per heavy atom. The van der Waals surface area contributed by atoms with Crippen molar-refractivity contribution in [3.8, 4) is 0 Å². The fraction of sp³-hybridized carbons (Fsp3) is 0.600. The molecule has 22 heavy (non-hydrogen) atoms. The Labute approximate surface area is 130 Å². The summed E-state index contributed by atoms with van der Waals surface area (Å²) >= 11 is 0. The lowest BCUT2D eigenvalue weighted by atomic mass is 10.1. The first-order valence-electron chi connectivity index (χ1n) is 6.82. The van der Waals surface area contributed by atoms with Gasteiger partial charge in [0, 0.05) is 13.1 Å². The Morgan fingerprint density at radius 2 is 1.77 bits per heavy atom. The number of rotatable bonds is 5. The molecular weight excluding hydrogens is 290 g/mol. The maximum Gasteiger partial charge on any atom is 0.330 e. The summed E-state index contributed by atoms with van der Waals surface area (Å²) in [5, 5.41) is 1.10. The molecule has 0 unspecified atom stereocenters. The fourth-order valence-corrected chi connectivity index (χ4v) is 1.99. The molecule has 1 rings (SSSR count). The van der Waals surface area contributed by atoms with Gasteiger partial charge in [0.25, 0.3) is 5.91 Å². The molecule has 1 amide bonds. The number of allylic oxidation sites excluding steroid dienone is 2. The minimum atomic E-state index is -0.888. The van der Waals surface area contributed by atoms with Crippen LogP contribution in [0.3, 0.4) is 0 Å². The van der Waals surface area contributed by atoms with E-state index in [9.17, 15) is 9.59 Å². The lowest BCUT2D eigenvalue weighted by Gasteiger charge is -2.21. The molecule has 0 saturated carbocycles. The van der Waals surface area contributed by atoms with E-state index in [1.54, 1.807) is 26.8 Å². The van der Waals surface area contributed by atoms with E-state index in [0.29, 0.717) is 0 Å². The number of likely N-dealkylation sites (N-methyl/N-ethyl adjacent to an activating group) is 1. The quantitative estimate of drug-likeness (QED) is 0.329. The van der Waals surface area contributed by atoms with Crippen LogP contribution in [0.4, 0.5) is 0 Å². The number of ether oxygens (including phenoxy) is 3. The highest BCUT2D eigenvalue weighted by Gasteiger charge is 2.46. The van der Waals surface area contributed by atoms with Gasteiger partial charge in [0.05, 0.1) is 14.2 Å². The van der Waals surface area contributed by atoms with Crippen molar-refractivity contribution in [1.82, 2.24) is 5.06 Å². The minimum Gasteiger partial charge on any atom is -0.466 e. The zero-order valence-corrected chi connectivity index (χ0v) is 13.8. The van der Waals surface area contributed by atoms with Crippen molar-refractivity contribution in [3.63, 3.8) is 0 Å². The molecule has 0 radical (unpaired) electrons. The predicted molar refractivity (Wildman–Crippen MR) is 78.5 cm³/mol. The van der Waals surface area contributed by atoms with Crippen LogP contribution in [0.15, 0.2) is 23.8 Å². The van der Waals surface area contributed by atoms with Crippen molar-refractivity contribution in [2.45, 2.75) is 38.8 Å². The van der Waals surface area contributed by atoms with Gasteiger partial charge in [0.15, 0.2) is 11.9 Å². The Balaban J connectivity index is 2.93. The summed E-state index contributed by atoms with van der Waals surface area (Å²) in [5.74, 6) is -1.69. The number of amides is 1. The lowest BCUT2D eigenvalue weighted by molar-refractivity contribution is -0.187. The number of hydroxylamine groups is 2. The maximum absolute atomic E-state index is 12.3. The Bertz CT molecular complexity index is 482. The van der Waals surface area contributed by atoms with E-state index < -0.39 is 24.0 Å². The van der Waals surface area contributed by atoms with E-state index in [1.165, 1.54) is 33.4 Å². The molecule has 1 aliphatic rings. The van der Waals surface area contributed by atoms with Crippen LogP contribution < -0.4 is 0 Å². The molecule has 1 saturated heterocycles. The Kier molecular flexibility index (Phi) is 6.28. The van der Waals surface area contributed by atoms with Crippen LogP contribution in [0.25, 0.3) is 0 Å². The molecule has 124 valence electrons. The second-order valence-electron chi connectivity index (χ2n) is 5.29. The second-order valence-corrected chi connectivity index (χ2v) is 5.29. The molecule has 0 aromatic heterocycles. The van der Waals surface area contributed by atoms with Gasteiger partial charge in [-0.25, -0.2) is 9.86 Å². The zero-order valence-electron chi connectivity index (χ0n) is 13.8. The van der Waals surface area contributed by atoms with Gasteiger partial charge < -0.3 is 14.2 Å². The molecule has 1 heterocycles. The van der Waals surface area contributed by atoms with Gasteiger partial charge in [-0.15, -0.1) is 0 Å². The standard InChI is InChI=1S/C15H23NO6/c1-10(8-7-9-11(17)19-5)12-13(14(18)16(4)20-6)22-15(2,3)21-12/h7-9,12-13H,1-6H3/b9-7+,10-8+/t12-,13+/m0/s1. The van der Waals surface area contributed by atoms with Crippen molar-refractivity contribution >= 4 is 11.9 Å². The third-order valence-electron chi connectivity index (χ3n) is 3.17. The van der Waals surface area contributed by atoms with Crippen LogP contribution in [0.5, 0.6) is 0 Å². The van der Waals surface area contributed by atoms with Crippen LogP contribution in [0, 0.1) is 0 Å². The van der Waals surface area contributed by atoms with Gasteiger partial charge in [-0.1, -0.05) is 12.2 Å². The summed E-state index contributed by atoms with van der Waals surface area (Å²) in [6, 6.07) is 0. The highest BCUT2D eigenvalue weighted by Crippen LogP contribution is 2.32. The minimum absolute atomic E-state index is 0.345. The number of hydrogen-bond donors (Lipinski definition) is 0. The number of nitrogens with zero attached hydrogens (tertiary/aromatic N) is 1. The molecule has 0 aromatic rings. The molecule has 0 aromatic carbocycles. The summed E-state index contributed by atoms with van der Waals surface area (Å²) in [4.78, 5) is 28.2. The van der Waals surface area contributed by atoms with E-state index in [4.69, 9.17) is 14.3 Å². The molecule has 1 aliphatic heterocycles. The van der Waals surface area contributed by atoms with Crippen molar-refractivity contribution in [2.75, 3.05) is 21.3 Å². The monoisotopic (exact) mass is 313 g/mol. The molecule has 0 N–H and O–H groups in total. The topological polar surface area (TPSA) is 74.3 Å². The maximum atomic E-state index is 12.3. The van der Waals surface area contributed by atoms with Gasteiger partial charge in [0.2, 0.25) is 0 Å². The summed E-state index contributed by atoms with van der Waals surface area (Å²) in [6.45, 7) is 5.26. The van der Waals surface area contributed by atoms with Crippen LogP contribution in [-0.2, 0) is 28.6 Å². The average molecular weight is 313 g/mol. The van der Waals surface area contributed by atoms with E-state index in [-0.39, 0.29) is 5.91 Å². The summed E-state index contributed by atoms with van der Waals surface area (Å²) in [5.41, 5.74) is 0.744. The number of carbonyl (C=O) groups is 2. The largest absolute Gasteiger partial charge is 0.466 e. The third kappa shape index (κ3) is 4.66. The van der Waals surface area contributed by atoms with Gasteiger partial charge >= 0.3 is 5.97 Å². The lowest BCUT2D eigenvalue weighted by Crippen LogP contribution is -2.41. The van der Waals surface area contributed by atoms with Crippen molar-refractivity contribution in [2.24, 2.45) is 0 Å². The van der Waals surface area contributed by atoms with Crippen LogP contribution >= 0.6 is 0 Å². The number of hydrogen-bond acceptors (Lipinski definition) is 6. The SMILES string of the molecule is COC(=O)/C=C/C=C(\C)[C@@H]1OC(C)(C)O[C@H]1C(=O)N(C)OC. The van der Waals surface area contributed by atoms with E-state index >= 15 is 0 Å². The molecule has 0 spiro atoms. The first-order valence-corrected chi connectivity index (χ1v) is 6.82. The van der Waals surface area contributed by atoms with Crippen LogP contribution in [-0.4, -0.2) is 56.2 Å². The summed E-state index contributed by atoms with van der Waals surface area (Å²) in [6.07, 6.45) is 3.12. The molecule has 0 aliphatic carbocycles. The van der Waals surface area contributed by atoms with Crippen LogP contribution in [0.2, 0.25) is 0 Å². The van der Waals surface area contributed by atoms with Crippen LogP contribution in [0.1, 0.15) is 20.8 Å². The molecule has 1 fully saturated rings. The normalized spacial score (nSPS) is 24.5. The highest BCUT2D eigenvalue weighted by molar-refractivity contribution is 5.82. The van der Waals surface area contributed by atoms with Gasteiger partial charge in [-0.3, -0.25) is 9.63 Å². The Hall–Kier alpha value is -1.70. The number of methoxy groups -OCH3 is 1. The van der Waals surface area contributed by atoms with Crippen molar-refractivity contribution < 1.29 is 28.6 Å². The van der Waals surface area contributed by atoms with Gasteiger partial charge in [-0.05, 0) is 26.3 Å². The van der Waals surface area contributed by atoms with Gasteiger partial charge in [-0.2, -0.15) is 0 Å². The molecule has 7 nitrogen and oxygen atoms in total. The smallest absolute Gasteiger partial charge is 0.330 e. The van der Waals surface area contributed by atoms with E-state index in [0.717, 1.165) is 10.6 Å². The first kappa shape index (κ1) is 18.3. The fourth-order valence-electron chi connectivity index (χ4n) is 1.99. The molecule has 0 bridgehead atoms. The highest BCUT2D eigenvalue weighted by atomic mass is 16.8. The van der Waals surface area contributed by atoms with E-state index in [2.05, 4.69) is 4.74 Å². The first-order chi connectivity index (χ1) is 10.2. The molecule has 7 heteroatoms. The number of esters is 1. The van der Waals surface area contributed by atoms with Crippen molar-refractivity contribution in [3.05, 3.63) is 23.8 Å². The number of carbonyl (C=O) groups excluding carboxylic acids is 2. The Morgan fingerprint density at radius 1 is 1.18 bits per heavy atom. The summed E-state index contributed by atoms with van der Waals surface area (Å²) in [7, 11) is 4.20. The zero-order chi connectivity index (χ0) is 16.9. The van der Waals surface area contributed by atoms with E-state index in [1.807, 2.05) is 0 Å². The molecular formula is C15H23NO6.